The van der Waals surface area contributed by atoms with E-state index in [9.17, 15) is 38.6 Å². The van der Waals surface area contributed by atoms with Gasteiger partial charge in [0, 0.05) is 20.0 Å². The van der Waals surface area contributed by atoms with Gasteiger partial charge in [0.1, 0.15) is 30.5 Å². The molecule has 0 saturated carbocycles. The first-order chi connectivity index (χ1) is 38.3. The molecule has 15 nitrogen and oxygen atoms in total. The van der Waals surface area contributed by atoms with E-state index >= 15 is 0 Å². The molecule has 7 atom stereocenters. The van der Waals surface area contributed by atoms with Gasteiger partial charge in [-0.25, -0.2) is 4.57 Å². The van der Waals surface area contributed by atoms with Crippen molar-refractivity contribution in [2.24, 2.45) is 0 Å². The van der Waals surface area contributed by atoms with Gasteiger partial charge in [0.15, 0.2) is 6.29 Å². The first-order valence-electron chi connectivity index (χ1n) is 32.8. The first kappa shape index (κ1) is 74.9. The maximum atomic E-state index is 14.3. The SMILES string of the molecule is CCCCCCCCCCCCCC(=O)O[C@H](CCCCCCCCCCC)CC(=O)N[C@@H]1[C@@H](NC(=O)C[C@@H](CCCCCCCCCCC)OC(=O)CCCCCCCCCCCCC)[C@H](OC)O[C@H](CO)[C@H]1OP(=O)(O)O. The van der Waals surface area contributed by atoms with Crippen molar-refractivity contribution >= 4 is 31.6 Å². The maximum absolute atomic E-state index is 14.3. The van der Waals surface area contributed by atoms with Gasteiger partial charge in [-0.05, 0) is 38.5 Å². The highest BCUT2D eigenvalue weighted by Gasteiger charge is 2.50. The lowest BCUT2D eigenvalue weighted by atomic mass is 9.93. The summed E-state index contributed by atoms with van der Waals surface area (Å²) in [5.74, 6) is -1.90. The average Bonchev–Trinajstić information content (AvgIpc) is 3.42. The van der Waals surface area contributed by atoms with Crippen molar-refractivity contribution in [3.05, 3.63) is 0 Å². The summed E-state index contributed by atoms with van der Waals surface area (Å²) in [4.78, 5) is 75.4. The highest BCUT2D eigenvalue weighted by atomic mass is 31.2. The Morgan fingerprint density at radius 3 is 1.04 bits per heavy atom. The van der Waals surface area contributed by atoms with E-state index in [0.29, 0.717) is 25.7 Å². The molecule has 2 amide bonds. The third-order valence-electron chi connectivity index (χ3n) is 15.7. The number of ether oxygens (including phenoxy) is 4. The number of carbonyl (C=O) groups excluding carboxylic acids is 4. The fourth-order valence-corrected chi connectivity index (χ4v) is 11.5. The highest BCUT2D eigenvalue weighted by molar-refractivity contribution is 7.46. The number of methoxy groups -OCH3 is 1. The van der Waals surface area contributed by atoms with Gasteiger partial charge in [-0.3, -0.25) is 23.7 Å². The van der Waals surface area contributed by atoms with Gasteiger partial charge in [-0.2, -0.15) is 0 Å². The van der Waals surface area contributed by atoms with Gasteiger partial charge < -0.3 is 44.5 Å². The Kier molecular flexibility index (Phi) is 48.8. The summed E-state index contributed by atoms with van der Waals surface area (Å²) in [6, 6.07) is -2.67. The molecule has 0 bridgehead atoms. The second kappa shape index (κ2) is 51.5. The van der Waals surface area contributed by atoms with E-state index in [0.717, 1.165) is 89.9 Å². The summed E-state index contributed by atoms with van der Waals surface area (Å²) in [5.41, 5.74) is 0. The molecule has 466 valence electrons. The predicted molar refractivity (Wildman–Crippen MR) is 318 cm³/mol. The van der Waals surface area contributed by atoms with Crippen molar-refractivity contribution < 1.29 is 62.1 Å². The molecule has 1 rings (SSSR count). The molecule has 1 aliphatic rings. The van der Waals surface area contributed by atoms with Crippen LogP contribution < -0.4 is 10.6 Å². The lowest BCUT2D eigenvalue weighted by Crippen LogP contribution is -2.70. The third-order valence-corrected chi connectivity index (χ3v) is 16.2. The van der Waals surface area contributed by atoms with Crippen LogP contribution >= 0.6 is 7.82 Å². The fraction of sp³-hybridized carbons (Fsp3) is 0.937. The zero-order valence-electron chi connectivity index (χ0n) is 51.1. The van der Waals surface area contributed by atoms with Crippen LogP contribution in [0.4, 0.5) is 0 Å². The molecule has 0 aromatic heterocycles. The number of carbonyl (C=O) groups is 4. The number of nitrogens with one attached hydrogen (secondary N) is 2. The van der Waals surface area contributed by atoms with Crippen LogP contribution in [0, 0.1) is 0 Å². The Bertz CT molecular complexity index is 1520. The molecule has 0 radical (unpaired) electrons. The number of phosphoric ester groups is 1. The van der Waals surface area contributed by atoms with Crippen LogP contribution in [0.25, 0.3) is 0 Å². The number of esters is 2. The number of phosphoric acid groups is 1. The third kappa shape index (κ3) is 42.4. The Morgan fingerprint density at radius 2 is 0.747 bits per heavy atom. The van der Waals surface area contributed by atoms with E-state index in [1.807, 2.05) is 0 Å². The Morgan fingerprint density at radius 1 is 0.456 bits per heavy atom. The Hall–Kier alpha value is -2.13. The maximum Gasteiger partial charge on any atom is 0.470 e. The van der Waals surface area contributed by atoms with Crippen molar-refractivity contribution in [1.82, 2.24) is 10.6 Å². The summed E-state index contributed by atoms with van der Waals surface area (Å²) in [6.07, 6.45) is 40.2. The smallest absolute Gasteiger partial charge is 0.462 e. The van der Waals surface area contributed by atoms with Gasteiger partial charge in [0.05, 0.1) is 25.5 Å². The normalized spacial score (nSPS) is 18.3. The standard InChI is InChI=1S/C63H121N2O13P/c1-6-10-14-18-22-26-28-32-36-40-44-48-58(69)75-53(46-42-38-34-30-24-20-16-12-8-3)50-56(67)64-60-61(63(74-5)77-55(52-66)62(60)78-79(71,72)73)65-57(68)51-54(47-43-39-35-31-25-21-17-13-9-4)76-59(70)49-45-41-37-33-29-27-23-19-15-11-7-2/h53-55,60-63,66H,6-52H2,1-5H3,(H,64,67)(H,65,68)(H2,71,72,73)/t53-,54-,55-,60-,61-,62-,63-/m1/s1. The van der Waals surface area contributed by atoms with E-state index in [1.165, 1.54) is 161 Å². The number of hydrogen-bond donors (Lipinski definition) is 5. The molecule has 79 heavy (non-hydrogen) atoms. The van der Waals surface area contributed by atoms with Crippen LogP contribution in [0.2, 0.25) is 0 Å². The van der Waals surface area contributed by atoms with Crippen LogP contribution in [0.3, 0.4) is 0 Å². The summed E-state index contributed by atoms with van der Waals surface area (Å²) in [7, 11) is -3.96. The van der Waals surface area contributed by atoms with Crippen LogP contribution in [0.1, 0.15) is 323 Å². The molecule has 0 unspecified atom stereocenters. The van der Waals surface area contributed by atoms with Crippen molar-refractivity contribution in [3.63, 3.8) is 0 Å². The minimum Gasteiger partial charge on any atom is -0.462 e. The monoisotopic (exact) mass is 1140 g/mol. The van der Waals surface area contributed by atoms with E-state index in [4.69, 9.17) is 23.5 Å². The summed E-state index contributed by atoms with van der Waals surface area (Å²) < 4.78 is 41.4. The largest absolute Gasteiger partial charge is 0.470 e. The predicted octanol–water partition coefficient (Wildman–Crippen LogP) is 15.6. The quantitative estimate of drug-likeness (QED) is 0.0218. The molecular formula is C63H121N2O13P. The van der Waals surface area contributed by atoms with Crippen LogP contribution in [0.5, 0.6) is 0 Å². The summed E-state index contributed by atoms with van der Waals surface area (Å²) in [5, 5.41) is 16.2. The van der Waals surface area contributed by atoms with Gasteiger partial charge in [0.2, 0.25) is 11.8 Å². The molecule has 1 fully saturated rings. The number of hydrogen-bond acceptors (Lipinski definition) is 11. The number of amides is 2. The molecule has 0 aromatic carbocycles. The van der Waals surface area contributed by atoms with Crippen LogP contribution in [-0.2, 0) is 47.2 Å². The van der Waals surface area contributed by atoms with E-state index in [1.54, 1.807) is 0 Å². The van der Waals surface area contributed by atoms with E-state index in [2.05, 4.69) is 38.3 Å². The number of rotatable bonds is 56. The second-order valence-corrected chi connectivity index (χ2v) is 24.3. The van der Waals surface area contributed by atoms with E-state index in [-0.39, 0.29) is 37.6 Å². The zero-order chi connectivity index (χ0) is 58.0. The lowest BCUT2D eigenvalue weighted by Gasteiger charge is -2.46. The number of aliphatic hydroxyl groups is 1. The van der Waals surface area contributed by atoms with Crippen LogP contribution in [0.15, 0.2) is 0 Å². The molecule has 0 spiro atoms. The van der Waals surface area contributed by atoms with Gasteiger partial charge >= 0.3 is 19.8 Å². The first-order valence-corrected chi connectivity index (χ1v) is 34.4. The molecule has 1 aliphatic heterocycles. The molecule has 0 aliphatic carbocycles. The van der Waals surface area contributed by atoms with Crippen molar-refractivity contribution in [1.29, 1.82) is 0 Å². The summed E-state index contributed by atoms with van der Waals surface area (Å²) in [6.45, 7) is 8.11. The molecular weight excluding hydrogens is 1020 g/mol. The van der Waals surface area contributed by atoms with Crippen molar-refractivity contribution in [3.8, 4) is 0 Å². The Balaban J connectivity index is 3.21. The number of aliphatic hydroxyl groups excluding tert-OH is 1. The number of unbranched alkanes of at least 4 members (excludes halogenated alkanes) is 36. The molecule has 1 saturated heterocycles. The topological polar surface area (TPSA) is 216 Å². The highest BCUT2D eigenvalue weighted by Crippen LogP contribution is 2.41. The van der Waals surface area contributed by atoms with Crippen molar-refractivity contribution in [2.45, 2.75) is 366 Å². The minimum absolute atomic E-state index is 0.210. The van der Waals surface area contributed by atoms with Gasteiger partial charge in [0.25, 0.3) is 0 Å². The molecule has 1 heterocycles. The Labute approximate surface area is 482 Å². The van der Waals surface area contributed by atoms with Crippen LogP contribution in [-0.4, -0.2) is 95.2 Å². The fourth-order valence-electron chi connectivity index (χ4n) is 10.9. The average molecular weight is 1150 g/mol. The van der Waals surface area contributed by atoms with Gasteiger partial charge in [-0.15, -0.1) is 0 Å². The zero-order valence-corrected chi connectivity index (χ0v) is 52.0. The van der Waals surface area contributed by atoms with E-state index < -0.39 is 69.0 Å². The summed E-state index contributed by atoms with van der Waals surface area (Å²) >= 11 is 0. The molecule has 16 heteroatoms. The minimum atomic E-state index is -5.28. The second-order valence-electron chi connectivity index (χ2n) is 23.1. The lowest BCUT2D eigenvalue weighted by molar-refractivity contribution is -0.238. The van der Waals surface area contributed by atoms with Crippen molar-refractivity contribution in [2.75, 3.05) is 13.7 Å². The molecule has 0 aromatic rings. The molecule has 5 N–H and O–H groups in total. The van der Waals surface area contributed by atoms with Gasteiger partial charge in [-0.1, -0.05) is 259 Å².